The fourth-order valence-electron chi connectivity index (χ4n) is 3.73. The van der Waals surface area contributed by atoms with Crippen LogP contribution in [-0.2, 0) is 25.8 Å². The van der Waals surface area contributed by atoms with E-state index in [0.717, 1.165) is 24.3 Å². The number of carbonyl (C=O) groups excluding carboxylic acids is 2. The minimum absolute atomic E-state index is 0.0455. The zero-order chi connectivity index (χ0) is 23.8. The minimum atomic E-state index is -4.48. The Morgan fingerprint density at radius 1 is 1.15 bits per heavy atom. The smallest absolute Gasteiger partial charge is 0.416 e. The van der Waals surface area contributed by atoms with E-state index < -0.39 is 39.5 Å². The van der Waals surface area contributed by atoms with Crippen molar-refractivity contribution in [1.82, 2.24) is 4.31 Å². The Kier molecular flexibility index (Phi) is 6.06. The fourth-order valence-corrected chi connectivity index (χ4v) is 5.28. The Morgan fingerprint density at radius 3 is 2.58 bits per heavy atom. The van der Waals surface area contributed by atoms with E-state index in [4.69, 9.17) is 4.74 Å². The molecule has 8 nitrogen and oxygen atoms in total. The predicted molar refractivity (Wildman–Crippen MR) is 112 cm³/mol. The second kappa shape index (κ2) is 8.67. The predicted octanol–water partition coefficient (Wildman–Crippen LogP) is 3.08. The number of sulfonamides is 1. The van der Waals surface area contributed by atoms with Gasteiger partial charge >= 0.3 is 6.18 Å². The van der Waals surface area contributed by atoms with Crippen molar-refractivity contribution in [3.63, 3.8) is 0 Å². The first-order chi connectivity index (χ1) is 15.5. The number of amides is 2. The molecule has 2 amide bonds. The maximum Gasteiger partial charge on any atom is 0.416 e. The summed E-state index contributed by atoms with van der Waals surface area (Å²) >= 11 is 0. The van der Waals surface area contributed by atoms with Gasteiger partial charge in [0, 0.05) is 18.8 Å². The minimum Gasteiger partial charge on any atom is -0.482 e. The number of ether oxygens (including phenoxy) is 1. The molecule has 2 aromatic carbocycles. The lowest BCUT2D eigenvalue weighted by atomic mass is 9.98. The molecule has 12 heteroatoms. The molecule has 0 aliphatic carbocycles. The summed E-state index contributed by atoms with van der Waals surface area (Å²) in [6.45, 7) is -0.0119. The summed E-state index contributed by atoms with van der Waals surface area (Å²) < 4.78 is 70.8. The highest BCUT2D eigenvalue weighted by Crippen LogP contribution is 2.33. The lowest BCUT2D eigenvalue weighted by Crippen LogP contribution is -2.43. The van der Waals surface area contributed by atoms with E-state index in [1.165, 1.54) is 22.5 Å². The number of alkyl halides is 3. The molecule has 1 saturated heterocycles. The van der Waals surface area contributed by atoms with Crippen molar-refractivity contribution in [3.8, 4) is 5.75 Å². The summed E-state index contributed by atoms with van der Waals surface area (Å²) in [5.74, 6) is -1.17. The van der Waals surface area contributed by atoms with Crippen molar-refractivity contribution in [2.75, 3.05) is 30.3 Å². The maximum absolute atomic E-state index is 13.1. The van der Waals surface area contributed by atoms with Crippen LogP contribution in [0, 0.1) is 5.92 Å². The number of hydrogen-bond acceptors (Lipinski definition) is 5. The van der Waals surface area contributed by atoms with Crippen LogP contribution >= 0.6 is 0 Å². The average Bonchev–Trinajstić information content (AvgIpc) is 2.78. The summed E-state index contributed by atoms with van der Waals surface area (Å²) in [5, 5.41) is 5.12. The molecule has 1 atom stereocenters. The zero-order valence-corrected chi connectivity index (χ0v) is 18.0. The second-order valence-corrected chi connectivity index (χ2v) is 9.70. The van der Waals surface area contributed by atoms with Crippen LogP contribution in [0.1, 0.15) is 18.4 Å². The monoisotopic (exact) mass is 483 g/mol. The van der Waals surface area contributed by atoms with Gasteiger partial charge in [-0.3, -0.25) is 9.59 Å². The van der Waals surface area contributed by atoms with Gasteiger partial charge in [0.2, 0.25) is 15.9 Å². The quantitative estimate of drug-likeness (QED) is 0.696. The van der Waals surface area contributed by atoms with Crippen LogP contribution in [0.5, 0.6) is 5.75 Å². The van der Waals surface area contributed by atoms with E-state index in [1.54, 1.807) is 0 Å². The Labute approximate surface area is 187 Å². The van der Waals surface area contributed by atoms with Gasteiger partial charge in [-0.1, -0.05) is 0 Å². The molecule has 0 spiro atoms. The number of anilines is 2. The third-order valence-electron chi connectivity index (χ3n) is 5.46. The van der Waals surface area contributed by atoms with Crippen LogP contribution in [0.3, 0.4) is 0 Å². The molecular formula is C21H20F3N3O5S. The van der Waals surface area contributed by atoms with Gasteiger partial charge in [0.05, 0.1) is 22.1 Å². The average molecular weight is 483 g/mol. The first kappa shape index (κ1) is 23.1. The molecule has 2 aliphatic rings. The number of benzene rings is 2. The number of nitrogens with zero attached hydrogens (tertiary/aromatic N) is 1. The van der Waals surface area contributed by atoms with E-state index in [9.17, 15) is 31.2 Å². The first-order valence-electron chi connectivity index (χ1n) is 10.1. The fraction of sp³-hybridized carbons (Fsp3) is 0.333. The van der Waals surface area contributed by atoms with Crippen LogP contribution in [0.4, 0.5) is 24.5 Å². The van der Waals surface area contributed by atoms with E-state index >= 15 is 0 Å². The van der Waals surface area contributed by atoms with Crippen LogP contribution in [0.25, 0.3) is 0 Å². The van der Waals surface area contributed by atoms with Crippen LogP contribution in [0.15, 0.2) is 47.4 Å². The van der Waals surface area contributed by atoms with Crippen LogP contribution in [-0.4, -0.2) is 44.2 Å². The van der Waals surface area contributed by atoms with Crippen molar-refractivity contribution in [1.29, 1.82) is 0 Å². The number of carbonyl (C=O) groups is 2. The van der Waals surface area contributed by atoms with Gasteiger partial charge in [0.25, 0.3) is 5.91 Å². The molecule has 2 aliphatic heterocycles. The highest BCUT2D eigenvalue weighted by Gasteiger charge is 2.34. The molecular weight excluding hydrogens is 463 g/mol. The Hall–Kier alpha value is -3.12. The van der Waals surface area contributed by atoms with Crippen molar-refractivity contribution in [2.45, 2.75) is 23.9 Å². The molecule has 2 heterocycles. The molecule has 1 unspecified atom stereocenters. The Balaban J connectivity index is 1.46. The topological polar surface area (TPSA) is 105 Å². The number of halogens is 3. The highest BCUT2D eigenvalue weighted by molar-refractivity contribution is 7.89. The summed E-state index contributed by atoms with van der Waals surface area (Å²) in [6, 6.07) is 8.19. The number of rotatable bonds is 4. The molecule has 176 valence electrons. The van der Waals surface area contributed by atoms with Gasteiger partial charge < -0.3 is 15.4 Å². The van der Waals surface area contributed by atoms with E-state index in [0.29, 0.717) is 18.6 Å². The van der Waals surface area contributed by atoms with Gasteiger partial charge in [0.1, 0.15) is 5.75 Å². The summed E-state index contributed by atoms with van der Waals surface area (Å²) in [5.41, 5.74) is -0.388. The third-order valence-corrected chi connectivity index (χ3v) is 7.32. The van der Waals surface area contributed by atoms with E-state index in [2.05, 4.69) is 10.6 Å². The Bertz CT molecular complexity index is 1180. The van der Waals surface area contributed by atoms with Crippen molar-refractivity contribution in [2.24, 2.45) is 5.92 Å². The number of piperidine rings is 1. The van der Waals surface area contributed by atoms with Gasteiger partial charge in [-0.05, 0) is 55.3 Å². The van der Waals surface area contributed by atoms with Crippen molar-refractivity contribution < 1.29 is 35.9 Å². The molecule has 2 N–H and O–H groups in total. The lowest BCUT2D eigenvalue weighted by molar-refractivity contribution is -0.137. The third kappa shape index (κ3) is 4.96. The van der Waals surface area contributed by atoms with Gasteiger partial charge in [-0.2, -0.15) is 17.5 Å². The molecule has 4 rings (SSSR count). The SMILES string of the molecule is O=C1COc2ccc(S(=O)(=O)N3CCCC(C(=O)Nc4ccc(C(F)(F)F)cc4)C3)cc2N1. The lowest BCUT2D eigenvalue weighted by Gasteiger charge is -2.31. The first-order valence-corrected chi connectivity index (χ1v) is 11.5. The molecule has 0 bridgehead atoms. The summed E-state index contributed by atoms with van der Waals surface area (Å²) in [6.07, 6.45) is -3.60. The van der Waals surface area contributed by atoms with Crippen LogP contribution < -0.4 is 15.4 Å². The highest BCUT2D eigenvalue weighted by atomic mass is 32.2. The van der Waals surface area contributed by atoms with Gasteiger partial charge in [0.15, 0.2) is 6.61 Å². The number of hydrogen-bond donors (Lipinski definition) is 2. The van der Waals surface area contributed by atoms with Crippen LogP contribution in [0.2, 0.25) is 0 Å². The molecule has 33 heavy (non-hydrogen) atoms. The summed E-state index contributed by atoms with van der Waals surface area (Å²) in [4.78, 5) is 24.1. The maximum atomic E-state index is 13.1. The van der Waals surface area contributed by atoms with E-state index in [-0.39, 0.29) is 36.0 Å². The number of fused-ring (bicyclic) bond motifs is 1. The van der Waals surface area contributed by atoms with Crippen molar-refractivity contribution >= 4 is 33.2 Å². The van der Waals surface area contributed by atoms with Gasteiger partial charge in [-0.15, -0.1) is 0 Å². The number of nitrogens with one attached hydrogen (secondary N) is 2. The van der Waals surface area contributed by atoms with Gasteiger partial charge in [-0.25, -0.2) is 8.42 Å². The molecule has 0 saturated carbocycles. The molecule has 2 aromatic rings. The summed E-state index contributed by atoms with van der Waals surface area (Å²) in [7, 11) is -3.95. The molecule has 1 fully saturated rings. The van der Waals surface area contributed by atoms with E-state index in [1.807, 2.05) is 0 Å². The van der Waals surface area contributed by atoms with Crippen molar-refractivity contribution in [3.05, 3.63) is 48.0 Å². The normalized spacial score (nSPS) is 19.2. The largest absolute Gasteiger partial charge is 0.482 e. The zero-order valence-electron chi connectivity index (χ0n) is 17.2. The second-order valence-electron chi connectivity index (χ2n) is 7.76. The molecule has 0 radical (unpaired) electrons. The standard InChI is InChI=1S/C21H20F3N3O5S/c22-21(23,24)14-3-5-15(6-4-14)25-20(29)13-2-1-9-27(11-13)33(30,31)16-7-8-18-17(10-16)26-19(28)12-32-18/h3-8,10,13H,1-2,9,11-12H2,(H,25,29)(H,26,28). The molecule has 0 aromatic heterocycles. The Morgan fingerprint density at radius 2 is 1.88 bits per heavy atom.